The third kappa shape index (κ3) is 3.83. The molecule has 2 atom stereocenters. The number of urea groups is 1. The van der Waals surface area contributed by atoms with E-state index in [0.717, 1.165) is 0 Å². The Bertz CT molecular complexity index is 344. The van der Waals surface area contributed by atoms with E-state index < -0.39 is 12.1 Å². The van der Waals surface area contributed by atoms with Crippen molar-refractivity contribution >= 4 is 12.0 Å². The maximum Gasteiger partial charge on any atom is 0.317 e. The number of aliphatic carboxylic acids is 1. The fourth-order valence-corrected chi connectivity index (χ4v) is 2.57. The molecule has 0 radical (unpaired) electrons. The number of carbonyl (C=O) groups is 2. The monoisotopic (exact) mass is 270 g/mol. The van der Waals surface area contributed by atoms with Gasteiger partial charge in [-0.2, -0.15) is 0 Å². The van der Waals surface area contributed by atoms with Gasteiger partial charge in [0.05, 0.1) is 19.1 Å². The molecule has 1 heterocycles. The van der Waals surface area contributed by atoms with Crippen LogP contribution in [0.4, 0.5) is 4.79 Å². The van der Waals surface area contributed by atoms with Crippen LogP contribution >= 0.6 is 0 Å². The normalized spacial score (nSPS) is 25.5. The summed E-state index contributed by atoms with van der Waals surface area (Å²) in [5.74, 6) is -0.296. The zero-order valence-corrected chi connectivity index (χ0v) is 11.3. The second kappa shape index (κ2) is 6.23. The first-order chi connectivity index (χ1) is 9.06. The van der Waals surface area contributed by atoms with Crippen molar-refractivity contribution in [3.8, 4) is 0 Å². The summed E-state index contributed by atoms with van der Waals surface area (Å²) in [6.45, 7) is 3.33. The molecule has 2 N–H and O–H groups in total. The first kappa shape index (κ1) is 14.1. The Balaban J connectivity index is 1.79. The molecular formula is C13H22N2O4. The summed E-state index contributed by atoms with van der Waals surface area (Å²) < 4.78 is 5.35. The predicted octanol–water partition coefficient (Wildman–Crippen LogP) is 1.06. The number of ether oxygens (including phenoxy) is 1. The Labute approximate surface area is 113 Å². The van der Waals surface area contributed by atoms with E-state index in [-0.39, 0.29) is 18.5 Å². The molecule has 0 aromatic carbocycles. The minimum Gasteiger partial charge on any atom is -0.481 e. The molecule has 1 aliphatic heterocycles. The van der Waals surface area contributed by atoms with E-state index in [2.05, 4.69) is 5.32 Å². The number of carboxylic acids is 1. The van der Waals surface area contributed by atoms with Crippen LogP contribution in [-0.4, -0.2) is 53.8 Å². The number of carboxylic acid groups (broad SMARTS) is 1. The van der Waals surface area contributed by atoms with Crippen LogP contribution < -0.4 is 5.32 Å². The molecule has 2 amide bonds. The molecule has 1 saturated heterocycles. The Morgan fingerprint density at radius 3 is 2.79 bits per heavy atom. The number of rotatable bonds is 4. The van der Waals surface area contributed by atoms with E-state index in [0.29, 0.717) is 25.6 Å². The van der Waals surface area contributed by atoms with Crippen molar-refractivity contribution in [1.82, 2.24) is 10.2 Å². The second-order valence-electron chi connectivity index (χ2n) is 5.47. The number of nitrogens with zero attached hydrogens (tertiary/aromatic N) is 1. The van der Waals surface area contributed by atoms with Crippen LogP contribution in [0.15, 0.2) is 0 Å². The van der Waals surface area contributed by atoms with Gasteiger partial charge in [-0.25, -0.2) is 4.79 Å². The summed E-state index contributed by atoms with van der Waals surface area (Å²) in [6.07, 6.45) is 3.18. The lowest BCUT2D eigenvalue weighted by molar-refractivity contribution is -0.141. The molecule has 2 unspecified atom stereocenters. The van der Waals surface area contributed by atoms with Gasteiger partial charge in [0.15, 0.2) is 0 Å². The first-order valence-electron chi connectivity index (χ1n) is 6.95. The van der Waals surface area contributed by atoms with Crippen LogP contribution in [0, 0.1) is 5.92 Å². The summed E-state index contributed by atoms with van der Waals surface area (Å²) in [6, 6.07) is 0.0973. The largest absolute Gasteiger partial charge is 0.481 e. The fraction of sp³-hybridized carbons (Fsp3) is 0.846. The quantitative estimate of drug-likeness (QED) is 0.800. The van der Waals surface area contributed by atoms with E-state index in [1.54, 1.807) is 4.90 Å². The molecule has 1 aliphatic carbocycles. The van der Waals surface area contributed by atoms with Gasteiger partial charge >= 0.3 is 12.0 Å². The lowest BCUT2D eigenvalue weighted by Gasteiger charge is -2.36. The van der Waals surface area contributed by atoms with Crippen LogP contribution in [0.3, 0.4) is 0 Å². The molecule has 6 heteroatoms. The summed E-state index contributed by atoms with van der Waals surface area (Å²) in [7, 11) is 0. The SMILES string of the molecule is CC(NC(=O)N1CCOC(CC(=O)O)C1)C1CCC1. The minimum atomic E-state index is -0.893. The molecule has 1 saturated carbocycles. The van der Waals surface area contributed by atoms with Crippen molar-refractivity contribution in [3.63, 3.8) is 0 Å². The van der Waals surface area contributed by atoms with Crippen molar-refractivity contribution in [1.29, 1.82) is 0 Å². The van der Waals surface area contributed by atoms with Gasteiger partial charge in [0.25, 0.3) is 0 Å². The number of hydrogen-bond acceptors (Lipinski definition) is 3. The Kier molecular flexibility index (Phi) is 4.63. The van der Waals surface area contributed by atoms with Crippen LogP contribution in [-0.2, 0) is 9.53 Å². The van der Waals surface area contributed by atoms with Gasteiger partial charge in [-0.15, -0.1) is 0 Å². The Hall–Kier alpha value is -1.30. The zero-order chi connectivity index (χ0) is 13.8. The highest BCUT2D eigenvalue weighted by Crippen LogP contribution is 2.29. The molecule has 0 aromatic heterocycles. The van der Waals surface area contributed by atoms with Crippen molar-refractivity contribution in [2.45, 2.75) is 44.8 Å². The van der Waals surface area contributed by atoms with Crippen LogP contribution in [0.2, 0.25) is 0 Å². The van der Waals surface area contributed by atoms with E-state index in [1.807, 2.05) is 6.92 Å². The van der Waals surface area contributed by atoms with Crippen molar-refractivity contribution < 1.29 is 19.4 Å². The highest BCUT2D eigenvalue weighted by atomic mass is 16.5. The average Bonchev–Trinajstić information content (AvgIpc) is 2.25. The molecule has 108 valence electrons. The molecule has 0 bridgehead atoms. The molecule has 6 nitrogen and oxygen atoms in total. The summed E-state index contributed by atoms with van der Waals surface area (Å²) >= 11 is 0. The number of morpholine rings is 1. The molecule has 0 spiro atoms. The number of amides is 2. The number of carbonyl (C=O) groups excluding carboxylic acids is 1. The lowest BCUT2D eigenvalue weighted by atomic mass is 9.80. The fourth-order valence-electron chi connectivity index (χ4n) is 2.57. The lowest BCUT2D eigenvalue weighted by Crippen LogP contribution is -2.53. The van der Waals surface area contributed by atoms with Crippen molar-refractivity contribution in [3.05, 3.63) is 0 Å². The van der Waals surface area contributed by atoms with E-state index in [9.17, 15) is 9.59 Å². The first-order valence-corrected chi connectivity index (χ1v) is 6.95. The number of nitrogens with one attached hydrogen (secondary N) is 1. The second-order valence-corrected chi connectivity index (χ2v) is 5.47. The summed E-state index contributed by atoms with van der Waals surface area (Å²) in [5, 5.41) is 11.8. The molecule has 2 rings (SSSR count). The van der Waals surface area contributed by atoms with Gasteiger partial charge in [0, 0.05) is 19.1 Å². The Morgan fingerprint density at radius 1 is 1.47 bits per heavy atom. The standard InChI is InChI=1S/C13H22N2O4/c1-9(10-3-2-4-10)14-13(18)15-5-6-19-11(8-15)7-12(16)17/h9-11H,2-8H2,1H3,(H,14,18)(H,16,17). The van der Waals surface area contributed by atoms with Gasteiger partial charge in [-0.05, 0) is 25.7 Å². The van der Waals surface area contributed by atoms with Gasteiger partial charge in [0.2, 0.25) is 0 Å². The summed E-state index contributed by atoms with van der Waals surface area (Å²) in [5.41, 5.74) is 0. The highest BCUT2D eigenvalue weighted by molar-refractivity contribution is 5.75. The van der Waals surface area contributed by atoms with Gasteiger partial charge in [0.1, 0.15) is 0 Å². The third-order valence-corrected chi connectivity index (χ3v) is 4.04. The maximum absolute atomic E-state index is 12.1. The van der Waals surface area contributed by atoms with Gasteiger partial charge < -0.3 is 20.1 Å². The Morgan fingerprint density at radius 2 is 2.21 bits per heavy atom. The predicted molar refractivity (Wildman–Crippen MR) is 68.9 cm³/mol. The topological polar surface area (TPSA) is 78.9 Å². The smallest absolute Gasteiger partial charge is 0.317 e. The van der Waals surface area contributed by atoms with Crippen molar-refractivity contribution in [2.24, 2.45) is 5.92 Å². The molecule has 0 aromatic rings. The average molecular weight is 270 g/mol. The molecule has 2 fully saturated rings. The van der Waals surface area contributed by atoms with Gasteiger partial charge in [-0.3, -0.25) is 4.79 Å². The molecule has 2 aliphatic rings. The minimum absolute atomic E-state index is 0.0536. The van der Waals surface area contributed by atoms with E-state index >= 15 is 0 Å². The van der Waals surface area contributed by atoms with Gasteiger partial charge in [-0.1, -0.05) is 6.42 Å². The third-order valence-electron chi connectivity index (χ3n) is 4.04. The van der Waals surface area contributed by atoms with Crippen molar-refractivity contribution in [2.75, 3.05) is 19.7 Å². The van der Waals surface area contributed by atoms with E-state index in [1.165, 1.54) is 19.3 Å². The van der Waals surface area contributed by atoms with E-state index in [4.69, 9.17) is 9.84 Å². The van der Waals surface area contributed by atoms with Crippen LogP contribution in [0.5, 0.6) is 0 Å². The molecule has 19 heavy (non-hydrogen) atoms. The summed E-state index contributed by atoms with van der Waals surface area (Å²) in [4.78, 5) is 24.4. The zero-order valence-electron chi connectivity index (χ0n) is 11.3. The van der Waals surface area contributed by atoms with Crippen LogP contribution in [0.25, 0.3) is 0 Å². The molecular weight excluding hydrogens is 248 g/mol. The maximum atomic E-state index is 12.1. The van der Waals surface area contributed by atoms with Crippen LogP contribution in [0.1, 0.15) is 32.6 Å². The number of hydrogen-bond donors (Lipinski definition) is 2. The highest BCUT2D eigenvalue weighted by Gasteiger charge is 2.29.